The topological polar surface area (TPSA) is 55.8 Å². The molecule has 6 nitrogen and oxygen atoms in total. The summed E-state index contributed by atoms with van der Waals surface area (Å²) in [5.74, 6) is 1.68. The first kappa shape index (κ1) is 25.8. The highest BCUT2D eigenvalue weighted by molar-refractivity contribution is 14.0. The summed E-state index contributed by atoms with van der Waals surface area (Å²) in [7, 11) is 1.88. The van der Waals surface area contributed by atoms with E-state index in [-0.39, 0.29) is 24.0 Å². The minimum absolute atomic E-state index is 0. The maximum Gasteiger partial charge on any atom is 0.191 e. The van der Waals surface area contributed by atoms with E-state index in [1.807, 2.05) is 7.05 Å². The van der Waals surface area contributed by atoms with Crippen LogP contribution >= 0.6 is 35.3 Å². The minimum atomic E-state index is 0. The number of guanidine groups is 1. The highest BCUT2D eigenvalue weighted by Gasteiger charge is 2.21. The average molecular weight is 549 g/mol. The number of nitrogens with one attached hydrogen (secondary N) is 2. The molecule has 3 heterocycles. The van der Waals surface area contributed by atoms with E-state index in [0.717, 1.165) is 44.1 Å². The van der Waals surface area contributed by atoms with Crippen LogP contribution in [-0.4, -0.2) is 73.1 Å². The van der Waals surface area contributed by atoms with E-state index in [1.165, 1.54) is 68.9 Å². The Kier molecular flexibility index (Phi) is 11.9. The van der Waals surface area contributed by atoms with E-state index < -0.39 is 0 Å². The van der Waals surface area contributed by atoms with Crippen molar-refractivity contribution in [3.8, 4) is 0 Å². The number of hydrogen-bond donors (Lipinski definition) is 2. The Balaban J connectivity index is 0.00000320. The lowest BCUT2D eigenvalue weighted by atomic mass is 9.97. The van der Waals surface area contributed by atoms with E-state index in [2.05, 4.69) is 49.6 Å². The summed E-state index contributed by atoms with van der Waals surface area (Å²) in [6.07, 6.45) is 7.88. The summed E-state index contributed by atoms with van der Waals surface area (Å²) in [6.45, 7) is 12.1. The summed E-state index contributed by atoms with van der Waals surface area (Å²) in [5.41, 5.74) is 1.23. The molecule has 0 aromatic carbocycles. The SMILES string of the molecule is CCC1CCCCN1CCNC(=NC)NCC1CCN(Cc2csc(C)n2)CC1.I. The molecule has 2 fully saturated rings. The van der Waals surface area contributed by atoms with Crippen LogP contribution < -0.4 is 10.6 Å². The van der Waals surface area contributed by atoms with Crippen LogP contribution in [0.4, 0.5) is 0 Å². The summed E-state index contributed by atoms with van der Waals surface area (Å²) in [4.78, 5) is 14.2. The third-order valence-electron chi connectivity index (χ3n) is 6.45. The van der Waals surface area contributed by atoms with Gasteiger partial charge in [-0.05, 0) is 64.6 Å². The first-order chi connectivity index (χ1) is 14.2. The molecule has 2 aliphatic heterocycles. The van der Waals surface area contributed by atoms with Gasteiger partial charge < -0.3 is 10.6 Å². The Labute approximate surface area is 204 Å². The lowest BCUT2D eigenvalue weighted by molar-refractivity contribution is 0.147. The molecule has 1 atom stereocenters. The van der Waals surface area contributed by atoms with Crippen molar-refractivity contribution in [3.05, 3.63) is 16.1 Å². The van der Waals surface area contributed by atoms with Crippen LogP contribution in [0.25, 0.3) is 0 Å². The molecule has 3 rings (SSSR count). The zero-order chi connectivity index (χ0) is 20.5. The van der Waals surface area contributed by atoms with Gasteiger partial charge in [0.05, 0.1) is 10.7 Å². The molecule has 1 unspecified atom stereocenters. The first-order valence-electron chi connectivity index (χ1n) is 11.5. The van der Waals surface area contributed by atoms with Crippen LogP contribution in [0.2, 0.25) is 0 Å². The van der Waals surface area contributed by atoms with Crippen molar-refractivity contribution >= 4 is 41.3 Å². The Morgan fingerprint density at radius 2 is 2.00 bits per heavy atom. The molecule has 0 aliphatic carbocycles. The predicted molar refractivity (Wildman–Crippen MR) is 139 cm³/mol. The van der Waals surface area contributed by atoms with Gasteiger partial charge in [0.15, 0.2) is 5.96 Å². The number of aryl methyl sites for hydroxylation is 1. The molecule has 0 radical (unpaired) electrons. The summed E-state index contributed by atoms with van der Waals surface area (Å²) >= 11 is 1.75. The Bertz CT molecular complexity index is 629. The second kappa shape index (κ2) is 13.9. The number of aliphatic imine (C=N–C) groups is 1. The molecule has 2 N–H and O–H groups in total. The number of piperidine rings is 2. The van der Waals surface area contributed by atoms with Crippen molar-refractivity contribution in [3.63, 3.8) is 0 Å². The first-order valence-corrected chi connectivity index (χ1v) is 12.4. The fourth-order valence-corrected chi connectivity index (χ4v) is 5.26. The largest absolute Gasteiger partial charge is 0.356 e. The van der Waals surface area contributed by atoms with Gasteiger partial charge in [0.2, 0.25) is 0 Å². The van der Waals surface area contributed by atoms with Gasteiger partial charge in [0.1, 0.15) is 0 Å². The van der Waals surface area contributed by atoms with Crippen molar-refractivity contribution in [1.29, 1.82) is 0 Å². The minimum Gasteiger partial charge on any atom is -0.356 e. The van der Waals surface area contributed by atoms with E-state index in [9.17, 15) is 0 Å². The lowest BCUT2D eigenvalue weighted by Crippen LogP contribution is -2.47. The van der Waals surface area contributed by atoms with Crippen molar-refractivity contribution in [2.24, 2.45) is 10.9 Å². The Morgan fingerprint density at radius 3 is 2.67 bits per heavy atom. The summed E-state index contributed by atoms with van der Waals surface area (Å²) < 4.78 is 0. The molecular formula is C22H41IN6S. The number of thiazole rings is 1. The molecule has 30 heavy (non-hydrogen) atoms. The molecule has 8 heteroatoms. The standard InChI is InChI=1S/C22H40N6S.HI/c1-4-21-7-5-6-11-28(21)14-10-24-22(23-3)25-15-19-8-12-27(13-9-19)16-20-17-29-18(2)26-20;/h17,19,21H,4-16H2,1-3H3,(H2,23,24,25);1H. The van der Waals surface area contributed by atoms with E-state index in [0.29, 0.717) is 0 Å². The van der Waals surface area contributed by atoms with Gasteiger partial charge in [-0.1, -0.05) is 13.3 Å². The third kappa shape index (κ3) is 8.24. The van der Waals surface area contributed by atoms with Gasteiger partial charge in [0, 0.05) is 44.6 Å². The number of likely N-dealkylation sites (tertiary alicyclic amines) is 2. The Morgan fingerprint density at radius 1 is 1.20 bits per heavy atom. The zero-order valence-corrected chi connectivity index (χ0v) is 22.2. The van der Waals surface area contributed by atoms with Crippen LogP contribution in [0, 0.1) is 12.8 Å². The highest BCUT2D eigenvalue weighted by Crippen LogP contribution is 2.20. The predicted octanol–water partition coefficient (Wildman–Crippen LogP) is 3.71. The molecule has 1 aromatic heterocycles. The molecule has 0 saturated carbocycles. The monoisotopic (exact) mass is 548 g/mol. The molecule has 0 spiro atoms. The van der Waals surface area contributed by atoms with Crippen molar-refractivity contribution in [1.82, 2.24) is 25.4 Å². The fraction of sp³-hybridized carbons (Fsp3) is 0.818. The second-order valence-electron chi connectivity index (χ2n) is 8.55. The molecule has 2 aliphatic rings. The molecule has 1 aromatic rings. The average Bonchev–Trinajstić information content (AvgIpc) is 3.16. The third-order valence-corrected chi connectivity index (χ3v) is 7.28. The smallest absolute Gasteiger partial charge is 0.191 e. The maximum atomic E-state index is 4.60. The summed E-state index contributed by atoms with van der Waals surface area (Å²) in [6, 6.07) is 0.777. The van der Waals surface area contributed by atoms with E-state index >= 15 is 0 Å². The fourth-order valence-electron chi connectivity index (χ4n) is 4.65. The molecule has 172 valence electrons. The van der Waals surface area contributed by atoms with Gasteiger partial charge in [-0.25, -0.2) is 4.98 Å². The molecule has 0 amide bonds. The molecule has 0 bridgehead atoms. The second-order valence-corrected chi connectivity index (χ2v) is 9.61. The van der Waals surface area contributed by atoms with E-state index in [4.69, 9.17) is 0 Å². The Hall–Kier alpha value is -0.450. The molecule has 2 saturated heterocycles. The van der Waals surface area contributed by atoms with Crippen LogP contribution in [-0.2, 0) is 6.54 Å². The number of hydrogen-bond acceptors (Lipinski definition) is 5. The number of nitrogens with zero attached hydrogens (tertiary/aromatic N) is 4. The van der Waals surface area contributed by atoms with Crippen molar-refractivity contribution in [2.45, 2.75) is 65.0 Å². The summed E-state index contributed by atoms with van der Waals surface area (Å²) in [5, 5.41) is 10.5. The number of rotatable bonds is 8. The van der Waals surface area contributed by atoms with Gasteiger partial charge in [-0.3, -0.25) is 14.8 Å². The van der Waals surface area contributed by atoms with Crippen molar-refractivity contribution in [2.75, 3.05) is 46.3 Å². The van der Waals surface area contributed by atoms with Gasteiger partial charge in [-0.15, -0.1) is 35.3 Å². The maximum absolute atomic E-state index is 4.60. The van der Waals surface area contributed by atoms with Crippen LogP contribution in [0.5, 0.6) is 0 Å². The van der Waals surface area contributed by atoms with Crippen molar-refractivity contribution < 1.29 is 0 Å². The van der Waals surface area contributed by atoms with Gasteiger partial charge in [0.25, 0.3) is 0 Å². The highest BCUT2D eigenvalue weighted by atomic mass is 127. The normalized spacial score (nSPS) is 22.0. The van der Waals surface area contributed by atoms with Gasteiger partial charge >= 0.3 is 0 Å². The van der Waals surface area contributed by atoms with Crippen LogP contribution in [0.15, 0.2) is 10.4 Å². The van der Waals surface area contributed by atoms with Crippen LogP contribution in [0.1, 0.15) is 56.2 Å². The lowest BCUT2D eigenvalue weighted by Gasteiger charge is -2.35. The number of aromatic nitrogens is 1. The van der Waals surface area contributed by atoms with Crippen LogP contribution in [0.3, 0.4) is 0 Å². The number of halogens is 1. The zero-order valence-electron chi connectivity index (χ0n) is 19.0. The van der Waals surface area contributed by atoms with E-state index in [1.54, 1.807) is 11.3 Å². The quantitative estimate of drug-likeness (QED) is 0.295. The van der Waals surface area contributed by atoms with Gasteiger partial charge in [-0.2, -0.15) is 0 Å². The molecular weight excluding hydrogens is 507 g/mol.